The minimum absolute atomic E-state index is 0.215. The van der Waals surface area contributed by atoms with Crippen LogP contribution in [0.5, 0.6) is 0 Å². The van der Waals surface area contributed by atoms with Crippen molar-refractivity contribution in [1.29, 1.82) is 0 Å². The summed E-state index contributed by atoms with van der Waals surface area (Å²) in [6, 6.07) is 0. The van der Waals surface area contributed by atoms with Gasteiger partial charge in [-0.3, -0.25) is 0 Å². The molecule has 0 aromatic rings. The first-order chi connectivity index (χ1) is 9.92. The fourth-order valence-corrected chi connectivity index (χ4v) is 5.75. The molecule has 4 N–H and O–H groups in total. The standard InChI is InChI=1S/C18H27NO2/c1-17-6-7-18(19)10-13(21)9-16(18)15(17)4-2-11-8-12(20)3-5-14(11)17/h8,12-14,20-21H,2-7,9-10,19H2,1H3/t12?,13?,14-,17?,18-/m1/s1. The second-order valence-electron chi connectivity index (χ2n) is 8.03. The van der Waals surface area contributed by atoms with Gasteiger partial charge in [-0.1, -0.05) is 24.1 Å². The predicted molar refractivity (Wildman–Crippen MR) is 82.6 cm³/mol. The van der Waals surface area contributed by atoms with E-state index < -0.39 is 0 Å². The third kappa shape index (κ3) is 1.90. The van der Waals surface area contributed by atoms with Crippen molar-refractivity contribution >= 4 is 0 Å². The molecule has 2 saturated carbocycles. The second-order valence-corrected chi connectivity index (χ2v) is 8.03. The number of aliphatic hydroxyl groups is 2. The first-order valence-corrected chi connectivity index (χ1v) is 8.51. The zero-order valence-electron chi connectivity index (χ0n) is 12.9. The van der Waals surface area contributed by atoms with Crippen LogP contribution in [0.25, 0.3) is 0 Å². The minimum atomic E-state index is -0.245. The Morgan fingerprint density at radius 3 is 2.76 bits per heavy atom. The van der Waals surface area contributed by atoms with E-state index >= 15 is 0 Å². The highest BCUT2D eigenvalue weighted by atomic mass is 16.3. The van der Waals surface area contributed by atoms with Crippen LogP contribution >= 0.6 is 0 Å². The summed E-state index contributed by atoms with van der Waals surface area (Å²) in [6.07, 6.45) is 9.44. The van der Waals surface area contributed by atoms with Crippen molar-refractivity contribution < 1.29 is 10.2 Å². The average Bonchev–Trinajstić information content (AvgIpc) is 2.73. The maximum atomic E-state index is 10.1. The summed E-state index contributed by atoms with van der Waals surface area (Å²) in [7, 11) is 0. The molecular formula is C18H27NO2. The molecule has 0 amide bonds. The summed E-state index contributed by atoms with van der Waals surface area (Å²) >= 11 is 0. The summed E-state index contributed by atoms with van der Waals surface area (Å²) < 4.78 is 0. The predicted octanol–water partition coefficient (Wildman–Crippen LogP) is 2.43. The molecule has 5 atom stereocenters. The lowest BCUT2D eigenvalue weighted by Crippen LogP contribution is -2.49. The van der Waals surface area contributed by atoms with E-state index in [0.29, 0.717) is 5.92 Å². The number of fused-ring (bicyclic) bond motifs is 4. The highest BCUT2D eigenvalue weighted by molar-refractivity contribution is 5.42. The molecule has 2 fully saturated rings. The number of hydrogen-bond acceptors (Lipinski definition) is 3. The maximum absolute atomic E-state index is 10.1. The van der Waals surface area contributed by atoms with Crippen LogP contribution in [-0.2, 0) is 0 Å². The van der Waals surface area contributed by atoms with Crippen LogP contribution in [0.4, 0.5) is 0 Å². The van der Waals surface area contributed by atoms with Crippen LogP contribution in [0.15, 0.2) is 22.8 Å². The zero-order chi connectivity index (χ0) is 14.8. The third-order valence-corrected chi connectivity index (χ3v) is 6.82. The molecule has 0 heterocycles. The highest BCUT2D eigenvalue weighted by Gasteiger charge is 2.53. The Kier molecular flexibility index (Phi) is 2.95. The lowest BCUT2D eigenvalue weighted by Gasteiger charge is -2.53. The van der Waals surface area contributed by atoms with Crippen molar-refractivity contribution in [3.63, 3.8) is 0 Å². The molecule has 116 valence electrons. The molecule has 4 aliphatic carbocycles. The number of rotatable bonds is 0. The first kappa shape index (κ1) is 14.0. The Bertz CT molecular complexity index is 537. The smallest absolute Gasteiger partial charge is 0.0723 e. The highest BCUT2D eigenvalue weighted by Crippen LogP contribution is 2.60. The van der Waals surface area contributed by atoms with E-state index in [2.05, 4.69) is 13.0 Å². The van der Waals surface area contributed by atoms with Gasteiger partial charge in [0.15, 0.2) is 0 Å². The van der Waals surface area contributed by atoms with E-state index in [-0.39, 0.29) is 23.2 Å². The van der Waals surface area contributed by atoms with Crippen LogP contribution in [0.1, 0.15) is 58.3 Å². The van der Waals surface area contributed by atoms with Gasteiger partial charge < -0.3 is 15.9 Å². The summed E-state index contributed by atoms with van der Waals surface area (Å²) in [5.41, 5.74) is 11.0. The average molecular weight is 289 g/mol. The minimum Gasteiger partial charge on any atom is -0.393 e. The van der Waals surface area contributed by atoms with Gasteiger partial charge >= 0.3 is 0 Å². The van der Waals surface area contributed by atoms with E-state index in [4.69, 9.17) is 5.73 Å². The second kappa shape index (κ2) is 4.43. The van der Waals surface area contributed by atoms with Crippen LogP contribution in [0.3, 0.4) is 0 Å². The quantitative estimate of drug-likeness (QED) is 0.600. The zero-order valence-corrected chi connectivity index (χ0v) is 12.9. The Morgan fingerprint density at radius 2 is 1.95 bits per heavy atom. The van der Waals surface area contributed by atoms with Gasteiger partial charge in [-0.15, -0.1) is 0 Å². The van der Waals surface area contributed by atoms with Crippen LogP contribution < -0.4 is 5.73 Å². The van der Waals surface area contributed by atoms with Crippen molar-refractivity contribution in [2.24, 2.45) is 17.1 Å². The summed E-state index contributed by atoms with van der Waals surface area (Å²) in [5, 5.41) is 20.0. The Morgan fingerprint density at radius 1 is 1.14 bits per heavy atom. The van der Waals surface area contributed by atoms with Crippen molar-refractivity contribution in [3.8, 4) is 0 Å². The monoisotopic (exact) mass is 289 g/mol. The molecule has 21 heavy (non-hydrogen) atoms. The Balaban J connectivity index is 1.79. The number of nitrogens with two attached hydrogens (primary N) is 1. The fourth-order valence-electron chi connectivity index (χ4n) is 5.75. The van der Waals surface area contributed by atoms with Gasteiger partial charge in [0.25, 0.3) is 0 Å². The molecule has 0 saturated heterocycles. The first-order valence-electron chi connectivity index (χ1n) is 8.51. The van der Waals surface area contributed by atoms with Gasteiger partial charge in [-0.2, -0.15) is 0 Å². The van der Waals surface area contributed by atoms with Crippen LogP contribution in [0.2, 0.25) is 0 Å². The lowest BCUT2D eigenvalue weighted by atomic mass is 9.53. The van der Waals surface area contributed by atoms with Gasteiger partial charge in [0, 0.05) is 5.54 Å². The van der Waals surface area contributed by atoms with E-state index in [9.17, 15) is 10.2 Å². The third-order valence-electron chi connectivity index (χ3n) is 6.82. The molecule has 0 aromatic carbocycles. The molecule has 0 aliphatic heterocycles. The molecule has 4 aliphatic rings. The molecular weight excluding hydrogens is 262 g/mol. The van der Waals surface area contributed by atoms with Gasteiger partial charge in [-0.05, 0) is 68.3 Å². The largest absolute Gasteiger partial charge is 0.393 e. The number of allylic oxidation sites excluding steroid dienone is 2. The molecule has 3 heteroatoms. The van der Waals surface area contributed by atoms with Gasteiger partial charge in [0.1, 0.15) is 0 Å². The normalized spacial score (nSPS) is 49.3. The van der Waals surface area contributed by atoms with Gasteiger partial charge in [0.05, 0.1) is 12.2 Å². The molecule has 4 rings (SSSR count). The maximum Gasteiger partial charge on any atom is 0.0723 e. The van der Waals surface area contributed by atoms with Crippen molar-refractivity contribution in [1.82, 2.24) is 0 Å². The lowest BCUT2D eigenvalue weighted by molar-refractivity contribution is 0.122. The number of aliphatic hydroxyl groups excluding tert-OH is 2. The molecule has 0 radical (unpaired) electrons. The fraction of sp³-hybridized carbons (Fsp3) is 0.778. The Labute approximate surface area is 126 Å². The van der Waals surface area contributed by atoms with Crippen molar-refractivity contribution in [3.05, 3.63) is 22.8 Å². The van der Waals surface area contributed by atoms with Crippen molar-refractivity contribution in [2.45, 2.75) is 76.0 Å². The van der Waals surface area contributed by atoms with Crippen LogP contribution in [-0.4, -0.2) is 28.0 Å². The van der Waals surface area contributed by atoms with E-state index in [0.717, 1.165) is 51.4 Å². The topological polar surface area (TPSA) is 66.5 Å². The molecule has 3 nitrogen and oxygen atoms in total. The number of hydrogen-bond donors (Lipinski definition) is 3. The van der Waals surface area contributed by atoms with E-state index in [1.165, 1.54) is 11.1 Å². The SMILES string of the molecule is CC12CC[C@@]3(N)CC(O)CC3=C1CCC1=CC(O)CC[C@H]12. The summed E-state index contributed by atoms with van der Waals surface area (Å²) in [5.74, 6) is 0.583. The van der Waals surface area contributed by atoms with Gasteiger partial charge in [0.2, 0.25) is 0 Å². The van der Waals surface area contributed by atoms with E-state index in [1.54, 1.807) is 5.57 Å². The van der Waals surface area contributed by atoms with Crippen LogP contribution in [0, 0.1) is 11.3 Å². The van der Waals surface area contributed by atoms with Gasteiger partial charge in [-0.25, -0.2) is 0 Å². The Hall–Kier alpha value is -0.640. The van der Waals surface area contributed by atoms with Crippen molar-refractivity contribution in [2.75, 3.05) is 0 Å². The molecule has 0 aromatic heterocycles. The van der Waals surface area contributed by atoms with E-state index in [1.807, 2.05) is 0 Å². The summed E-state index contributed by atoms with van der Waals surface area (Å²) in [4.78, 5) is 0. The molecule has 3 unspecified atom stereocenters. The molecule has 0 spiro atoms. The summed E-state index contributed by atoms with van der Waals surface area (Å²) in [6.45, 7) is 2.41. The molecule has 0 bridgehead atoms.